The number of hydrogen-bond acceptors (Lipinski definition) is 6. The molecule has 130 valence electrons. The van der Waals surface area contributed by atoms with Crippen molar-refractivity contribution in [3.63, 3.8) is 0 Å². The van der Waals surface area contributed by atoms with Crippen molar-refractivity contribution in [3.05, 3.63) is 59.7 Å². The number of phenolic OH excluding ortho intramolecular Hbond substituents is 1. The number of aromatic hydroxyl groups is 1. The first-order chi connectivity index (χ1) is 12.7. The Kier molecular flexibility index (Phi) is 4.14. The number of benzene rings is 2. The average Bonchev–Trinajstić information content (AvgIpc) is 3.26. The molecule has 7 heteroatoms. The van der Waals surface area contributed by atoms with Gasteiger partial charge in [0.2, 0.25) is 0 Å². The summed E-state index contributed by atoms with van der Waals surface area (Å²) in [7, 11) is 0. The van der Waals surface area contributed by atoms with Crippen LogP contribution in [0.3, 0.4) is 0 Å². The van der Waals surface area contributed by atoms with Crippen LogP contribution in [0, 0.1) is 0 Å². The summed E-state index contributed by atoms with van der Waals surface area (Å²) in [6.07, 6.45) is 1.63. The van der Waals surface area contributed by atoms with Gasteiger partial charge in [0, 0.05) is 11.6 Å². The lowest BCUT2D eigenvalue weighted by Gasteiger charge is -2.01. The molecule has 0 aliphatic rings. The number of hydrogen-bond donors (Lipinski definition) is 1. The third kappa shape index (κ3) is 2.82. The maximum absolute atomic E-state index is 12.4. The Morgan fingerprint density at radius 1 is 1.23 bits per heavy atom. The third-order valence-corrected chi connectivity index (χ3v) is 4.90. The molecule has 4 aromatic rings. The highest BCUT2D eigenvalue weighted by Crippen LogP contribution is 2.32. The zero-order valence-electron chi connectivity index (χ0n) is 13.9. The standard InChI is InChI=1S/C19H15N3O3S/c1-2-25-18(24)17-16(12-6-4-3-5-7-12)21-19(26-17)22-11-20-14-9-8-13(23)10-15(14)22/h3-11,23H,2H2,1H3. The highest BCUT2D eigenvalue weighted by atomic mass is 32.1. The van der Waals surface area contributed by atoms with Crippen LogP contribution in [0.2, 0.25) is 0 Å². The molecule has 0 aliphatic carbocycles. The summed E-state index contributed by atoms with van der Waals surface area (Å²) in [4.78, 5) is 21.9. The van der Waals surface area contributed by atoms with Crippen LogP contribution in [0.25, 0.3) is 27.4 Å². The molecular formula is C19H15N3O3S. The fourth-order valence-electron chi connectivity index (χ4n) is 2.69. The quantitative estimate of drug-likeness (QED) is 0.553. The van der Waals surface area contributed by atoms with Gasteiger partial charge in [-0.1, -0.05) is 41.7 Å². The minimum absolute atomic E-state index is 0.143. The van der Waals surface area contributed by atoms with Crippen LogP contribution < -0.4 is 0 Å². The van der Waals surface area contributed by atoms with Crippen molar-refractivity contribution in [2.24, 2.45) is 0 Å². The van der Waals surface area contributed by atoms with Crippen molar-refractivity contribution in [3.8, 4) is 22.1 Å². The van der Waals surface area contributed by atoms with Crippen LogP contribution in [0.15, 0.2) is 54.9 Å². The Hall–Kier alpha value is -3.19. The molecule has 0 atom stereocenters. The molecular weight excluding hydrogens is 350 g/mol. The normalized spacial score (nSPS) is 11.0. The van der Waals surface area contributed by atoms with Crippen LogP contribution in [-0.4, -0.2) is 32.2 Å². The summed E-state index contributed by atoms with van der Waals surface area (Å²) in [5, 5.41) is 10.4. The van der Waals surface area contributed by atoms with Crippen molar-refractivity contribution in [2.45, 2.75) is 6.92 Å². The molecule has 6 nitrogen and oxygen atoms in total. The molecule has 0 unspecified atom stereocenters. The van der Waals surface area contributed by atoms with Gasteiger partial charge in [0.05, 0.1) is 23.3 Å². The Labute approximate surface area is 153 Å². The predicted octanol–water partition coefficient (Wildman–Crippen LogP) is 4.03. The van der Waals surface area contributed by atoms with Gasteiger partial charge in [-0.15, -0.1) is 0 Å². The van der Waals surface area contributed by atoms with E-state index in [1.54, 1.807) is 36.0 Å². The van der Waals surface area contributed by atoms with E-state index < -0.39 is 5.97 Å². The van der Waals surface area contributed by atoms with E-state index in [1.807, 2.05) is 30.3 Å². The van der Waals surface area contributed by atoms with Gasteiger partial charge < -0.3 is 9.84 Å². The highest BCUT2D eigenvalue weighted by molar-refractivity contribution is 7.16. The number of rotatable bonds is 4. The molecule has 0 amide bonds. The number of aromatic nitrogens is 3. The summed E-state index contributed by atoms with van der Waals surface area (Å²) in [6.45, 7) is 2.07. The number of ether oxygens (including phenoxy) is 1. The summed E-state index contributed by atoms with van der Waals surface area (Å²) >= 11 is 1.24. The number of phenols is 1. The van der Waals surface area contributed by atoms with E-state index >= 15 is 0 Å². The molecule has 1 N–H and O–H groups in total. The topological polar surface area (TPSA) is 77.2 Å². The van der Waals surface area contributed by atoms with Crippen LogP contribution in [-0.2, 0) is 4.74 Å². The van der Waals surface area contributed by atoms with Gasteiger partial charge in [-0.05, 0) is 19.1 Å². The monoisotopic (exact) mass is 365 g/mol. The van der Waals surface area contributed by atoms with E-state index in [2.05, 4.69) is 9.97 Å². The van der Waals surface area contributed by atoms with Gasteiger partial charge in [-0.3, -0.25) is 4.57 Å². The lowest BCUT2D eigenvalue weighted by Crippen LogP contribution is -2.03. The Bertz CT molecular complexity index is 1090. The maximum Gasteiger partial charge on any atom is 0.350 e. The van der Waals surface area contributed by atoms with Crippen LogP contribution >= 0.6 is 11.3 Å². The molecule has 0 bridgehead atoms. The molecule has 0 saturated heterocycles. The molecule has 0 radical (unpaired) electrons. The van der Waals surface area contributed by atoms with Crippen LogP contribution in [0.5, 0.6) is 5.75 Å². The SMILES string of the molecule is CCOC(=O)c1sc(-n2cnc3ccc(O)cc32)nc1-c1ccccc1. The van der Waals surface area contributed by atoms with Gasteiger partial charge in [0.15, 0.2) is 5.13 Å². The Morgan fingerprint density at radius 3 is 2.81 bits per heavy atom. The second kappa shape index (κ2) is 6.61. The Balaban J connectivity index is 1.89. The van der Waals surface area contributed by atoms with Crippen LogP contribution in [0.4, 0.5) is 0 Å². The van der Waals surface area contributed by atoms with E-state index in [0.717, 1.165) is 11.1 Å². The van der Waals surface area contributed by atoms with E-state index in [-0.39, 0.29) is 5.75 Å². The zero-order valence-corrected chi connectivity index (χ0v) is 14.7. The van der Waals surface area contributed by atoms with Gasteiger partial charge in [0.25, 0.3) is 0 Å². The van der Waals surface area contributed by atoms with Crippen LogP contribution in [0.1, 0.15) is 16.6 Å². The molecule has 0 fully saturated rings. The number of nitrogens with zero attached hydrogens (tertiary/aromatic N) is 3. The van der Waals surface area contributed by atoms with E-state index in [1.165, 1.54) is 11.3 Å². The second-order valence-corrected chi connectivity index (χ2v) is 6.53. The van der Waals surface area contributed by atoms with Gasteiger partial charge >= 0.3 is 5.97 Å². The van der Waals surface area contributed by atoms with Crippen molar-refractivity contribution < 1.29 is 14.6 Å². The number of imidazole rings is 1. The van der Waals surface area contributed by atoms with Crippen molar-refractivity contribution in [2.75, 3.05) is 6.61 Å². The van der Waals surface area contributed by atoms with E-state index in [0.29, 0.717) is 27.8 Å². The van der Waals surface area contributed by atoms with Gasteiger partial charge in [-0.2, -0.15) is 0 Å². The highest BCUT2D eigenvalue weighted by Gasteiger charge is 2.22. The Morgan fingerprint density at radius 2 is 2.04 bits per heavy atom. The summed E-state index contributed by atoms with van der Waals surface area (Å²) < 4.78 is 6.95. The van der Waals surface area contributed by atoms with E-state index in [4.69, 9.17) is 4.74 Å². The lowest BCUT2D eigenvalue weighted by atomic mass is 10.1. The zero-order chi connectivity index (χ0) is 18.1. The molecule has 0 spiro atoms. The molecule has 26 heavy (non-hydrogen) atoms. The number of esters is 1. The third-order valence-electron chi connectivity index (χ3n) is 3.86. The van der Waals surface area contributed by atoms with Gasteiger partial charge in [-0.25, -0.2) is 14.8 Å². The molecule has 4 rings (SSSR count). The number of carbonyl (C=O) groups excluding carboxylic acids is 1. The lowest BCUT2D eigenvalue weighted by molar-refractivity contribution is 0.0532. The largest absolute Gasteiger partial charge is 0.508 e. The fraction of sp³-hybridized carbons (Fsp3) is 0.105. The number of carbonyl (C=O) groups is 1. The van der Waals surface area contributed by atoms with Crippen molar-refractivity contribution >= 4 is 28.3 Å². The average molecular weight is 365 g/mol. The maximum atomic E-state index is 12.4. The first-order valence-electron chi connectivity index (χ1n) is 8.07. The predicted molar refractivity (Wildman–Crippen MR) is 99.8 cm³/mol. The molecule has 2 aromatic heterocycles. The molecule has 0 saturated carbocycles. The smallest absolute Gasteiger partial charge is 0.350 e. The second-order valence-electron chi connectivity index (χ2n) is 5.55. The first kappa shape index (κ1) is 16.3. The van der Waals surface area contributed by atoms with E-state index in [9.17, 15) is 9.90 Å². The summed E-state index contributed by atoms with van der Waals surface area (Å²) in [5.41, 5.74) is 2.86. The van der Waals surface area contributed by atoms with Gasteiger partial charge in [0.1, 0.15) is 17.0 Å². The molecule has 2 heterocycles. The van der Waals surface area contributed by atoms with Crippen molar-refractivity contribution in [1.29, 1.82) is 0 Å². The molecule has 2 aromatic carbocycles. The summed E-state index contributed by atoms with van der Waals surface area (Å²) in [5.74, 6) is -0.257. The first-order valence-corrected chi connectivity index (χ1v) is 8.89. The minimum atomic E-state index is -0.401. The summed E-state index contributed by atoms with van der Waals surface area (Å²) in [6, 6.07) is 14.4. The van der Waals surface area contributed by atoms with Crippen molar-refractivity contribution in [1.82, 2.24) is 14.5 Å². The number of thiazole rings is 1. The minimum Gasteiger partial charge on any atom is -0.508 e. The number of fused-ring (bicyclic) bond motifs is 1. The fourth-order valence-corrected chi connectivity index (χ4v) is 3.65. The molecule has 0 aliphatic heterocycles.